The van der Waals surface area contributed by atoms with Crippen molar-refractivity contribution in [2.45, 2.75) is 39.3 Å². The van der Waals surface area contributed by atoms with Crippen LogP contribution in [0.15, 0.2) is 77.7 Å². The van der Waals surface area contributed by atoms with Crippen molar-refractivity contribution < 1.29 is 4.79 Å². The summed E-state index contributed by atoms with van der Waals surface area (Å²) in [7, 11) is 0. The lowest BCUT2D eigenvalue weighted by Gasteiger charge is -2.19. The first-order valence-electron chi connectivity index (χ1n) is 10.6. The molecule has 2 heterocycles. The molecule has 0 bridgehead atoms. The Morgan fingerprint density at radius 3 is 2.28 bits per heavy atom. The van der Waals surface area contributed by atoms with Crippen LogP contribution in [0.5, 0.6) is 0 Å². The highest BCUT2D eigenvalue weighted by Crippen LogP contribution is 2.22. The van der Waals surface area contributed by atoms with E-state index in [-0.39, 0.29) is 30.0 Å². The second-order valence-electron chi connectivity index (χ2n) is 8.79. The maximum atomic E-state index is 12.9. The monoisotopic (exact) mass is 426 g/mol. The van der Waals surface area contributed by atoms with Gasteiger partial charge < -0.3 is 5.32 Å². The average Bonchev–Trinajstić information content (AvgIpc) is 2.80. The Morgan fingerprint density at radius 2 is 1.62 bits per heavy atom. The summed E-state index contributed by atoms with van der Waals surface area (Å²) in [6, 6.07) is 20.5. The smallest absolute Gasteiger partial charge is 0.275 e. The number of rotatable bonds is 5. The summed E-state index contributed by atoms with van der Waals surface area (Å²) in [4.78, 5) is 30.0. The highest BCUT2D eigenvalue weighted by molar-refractivity contribution is 5.94. The topological polar surface area (TPSA) is 76.9 Å². The molecule has 0 aliphatic carbocycles. The lowest BCUT2D eigenvalue weighted by molar-refractivity contribution is 0.0950. The molecule has 0 atom stereocenters. The number of nitrogens with one attached hydrogen (secondary N) is 1. The number of benzene rings is 2. The van der Waals surface area contributed by atoms with Gasteiger partial charge in [-0.3, -0.25) is 14.6 Å². The van der Waals surface area contributed by atoms with Gasteiger partial charge in [-0.25, -0.2) is 4.68 Å². The number of fused-ring (bicyclic) bond motifs is 1. The first kappa shape index (κ1) is 21.4. The number of hydrogen-bond donors (Lipinski definition) is 1. The van der Waals surface area contributed by atoms with Gasteiger partial charge in [0.05, 0.1) is 29.9 Å². The molecular weight excluding hydrogens is 400 g/mol. The third-order valence-corrected chi connectivity index (χ3v) is 5.41. The Balaban J connectivity index is 1.60. The van der Waals surface area contributed by atoms with Gasteiger partial charge in [-0.2, -0.15) is 5.10 Å². The third kappa shape index (κ3) is 4.59. The lowest BCUT2D eigenvalue weighted by Crippen LogP contribution is -2.29. The molecular formula is C26H26N4O2. The largest absolute Gasteiger partial charge is 0.346 e. The zero-order chi connectivity index (χ0) is 22.7. The van der Waals surface area contributed by atoms with Gasteiger partial charge in [0.25, 0.3) is 11.5 Å². The summed E-state index contributed by atoms with van der Waals surface area (Å²) < 4.78 is 1.41. The van der Waals surface area contributed by atoms with Gasteiger partial charge in [0.1, 0.15) is 0 Å². The molecule has 0 saturated carbocycles. The van der Waals surface area contributed by atoms with Crippen molar-refractivity contribution in [2.75, 3.05) is 0 Å². The fourth-order valence-corrected chi connectivity index (χ4v) is 3.58. The van der Waals surface area contributed by atoms with Crippen LogP contribution >= 0.6 is 0 Å². The number of carbonyl (C=O) groups is 1. The van der Waals surface area contributed by atoms with E-state index < -0.39 is 0 Å². The number of amides is 1. The van der Waals surface area contributed by atoms with Crippen LogP contribution in [0.2, 0.25) is 0 Å². The van der Waals surface area contributed by atoms with Crippen LogP contribution in [0.3, 0.4) is 0 Å². The maximum Gasteiger partial charge on any atom is 0.275 e. The van der Waals surface area contributed by atoms with Crippen molar-refractivity contribution in [1.82, 2.24) is 20.1 Å². The van der Waals surface area contributed by atoms with E-state index in [0.29, 0.717) is 16.6 Å². The van der Waals surface area contributed by atoms with Crippen molar-refractivity contribution in [1.29, 1.82) is 0 Å². The van der Waals surface area contributed by atoms with Crippen LogP contribution in [-0.4, -0.2) is 20.7 Å². The molecule has 0 aliphatic heterocycles. The third-order valence-electron chi connectivity index (χ3n) is 5.41. The van der Waals surface area contributed by atoms with Gasteiger partial charge in [0, 0.05) is 17.1 Å². The van der Waals surface area contributed by atoms with E-state index in [1.807, 2.05) is 60.7 Å². The number of nitrogens with zero attached hydrogens (tertiary/aromatic N) is 3. The Labute approximate surface area is 186 Å². The van der Waals surface area contributed by atoms with E-state index in [1.54, 1.807) is 12.3 Å². The molecule has 0 fully saturated rings. The predicted octanol–water partition coefficient (Wildman–Crippen LogP) is 4.07. The predicted molar refractivity (Wildman–Crippen MR) is 126 cm³/mol. The molecule has 2 aromatic heterocycles. The van der Waals surface area contributed by atoms with Gasteiger partial charge in [-0.15, -0.1) is 0 Å². The van der Waals surface area contributed by atoms with E-state index in [4.69, 9.17) is 0 Å². The summed E-state index contributed by atoms with van der Waals surface area (Å²) in [5.41, 5.74) is 2.98. The highest BCUT2D eigenvalue weighted by atomic mass is 16.1. The molecule has 2 aromatic carbocycles. The zero-order valence-electron chi connectivity index (χ0n) is 18.5. The van der Waals surface area contributed by atoms with E-state index in [9.17, 15) is 9.59 Å². The summed E-state index contributed by atoms with van der Waals surface area (Å²) in [5, 5.41) is 8.80. The summed E-state index contributed by atoms with van der Waals surface area (Å²) >= 11 is 0. The Kier molecular flexibility index (Phi) is 5.86. The zero-order valence-corrected chi connectivity index (χ0v) is 18.5. The van der Waals surface area contributed by atoms with E-state index in [1.165, 1.54) is 10.2 Å². The van der Waals surface area contributed by atoms with Gasteiger partial charge in [0.2, 0.25) is 0 Å². The van der Waals surface area contributed by atoms with Crippen molar-refractivity contribution in [3.8, 4) is 0 Å². The number of hydrogen-bond acceptors (Lipinski definition) is 4. The summed E-state index contributed by atoms with van der Waals surface area (Å²) in [5.74, 6) is -0.182. The molecule has 32 heavy (non-hydrogen) atoms. The molecule has 162 valence electrons. The average molecular weight is 427 g/mol. The van der Waals surface area contributed by atoms with E-state index in [0.717, 1.165) is 11.1 Å². The first-order chi connectivity index (χ1) is 15.3. The van der Waals surface area contributed by atoms with E-state index in [2.05, 4.69) is 36.2 Å². The standard InChI is InChI=1S/C26H26N4O2/c1-26(2,3)19-13-11-18(12-14-19)24(31)28-16-23-21-9-4-5-10-22(21)25(32)30(29-23)17-20-8-6-7-15-27-20/h4-15H,16-17H2,1-3H3,(H,28,31). The quantitative estimate of drug-likeness (QED) is 0.522. The molecule has 1 N–H and O–H groups in total. The SMILES string of the molecule is CC(C)(C)c1ccc(C(=O)NCc2nn(Cc3ccccn3)c(=O)c3ccccc23)cc1. The number of carbonyl (C=O) groups excluding carboxylic acids is 1. The summed E-state index contributed by atoms with van der Waals surface area (Å²) in [6.07, 6.45) is 1.69. The molecule has 0 unspecified atom stereocenters. The van der Waals surface area contributed by atoms with Gasteiger partial charge >= 0.3 is 0 Å². The second-order valence-corrected chi connectivity index (χ2v) is 8.79. The highest BCUT2D eigenvalue weighted by Gasteiger charge is 2.15. The van der Waals surface area contributed by atoms with Gasteiger partial charge in [-0.1, -0.05) is 57.2 Å². The molecule has 0 spiro atoms. The fraction of sp³-hybridized carbons (Fsp3) is 0.231. The Morgan fingerprint density at radius 1 is 0.938 bits per heavy atom. The molecule has 6 nitrogen and oxygen atoms in total. The molecule has 4 rings (SSSR count). The van der Waals surface area contributed by atoms with Crippen LogP contribution in [0.25, 0.3) is 10.8 Å². The Hall–Kier alpha value is -3.80. The van der Waals surface area contributed by atoms with Crippen LogP contribution in [0, 0.1) is 0 Å². The van der Waals surface area contributed by atoms with Crippen LogP contribution in [0.1, 0.15) is 48.1 Å². The molecule has 4 aromatic rings. The number of pyridine rings is 1. The molecule has 0 saturated heterocycles. The van der Waals surface area contributed by atoms with Crippen LogP contribution in [0.4, 0.5) is 0 Å². The number of aromatic nitrogens is 3. The first-order valence-corrected chi connectivity index (χ1v) is 10.6. The normalized spacial score (nSPS) is 11.5. The molecule has 6 heteroatoms. The second kappa shape index (κ2) is 8.75. The molecule has 0 radical (unpaired) electrons. The van der Waals surface area contributed by atoms with Crippen LogP contribution < -0.4 is 10.9 Å². The lowest BCUT2D eigenvalue weighted by atomic mass is 9.87. The van der Waals surface area contributed by atoms with Crippen LogP contribution in [-0.2, 0) is 18.5 Å². The van der Waals surface area contributed by atoms with Gasteiger partial charge in [0.15, 0.2) is 0 Å². The minimum atomic E-state index is -0.182. The van der Waals surface area contributed by atoms with E-state index >= 15 is 0 Å². The van der Waals surface area contributed by atoms with Crippen molar-refractivity contribution in [3.63, 3.8) is 0 Å². The maximum absolute atomic E-state index is 12.9. The Bertz CT molecular complexity index is 1300. The summed E-state index contributed by atoms with van der Waals surface area (Å²) in [6.45, 7) is 6.89. The minimum absolute atomic E-state index is 0.0269. The van der Waals surface area contributed by atoms with Gasteiger partial charge in [-0.05, 0) is 41.3 Å². The van der Waals surface area contributed by atoms with Crippen molar-refractivity contribution in [2.24, 2.45) is 0 Å². The fourth-order valence-electron chi connectivity index (χ4n) is 3.58. The minimum Gasteiger partial charge on any atom is -0.346 e. The van der Waals surface area contributed by atoms with Crippen molar-refractivity contribution >= 4 is 16.7 Å². The molecule has 1 amide bonds. The van der Waals surface area contributed by atoms with Crippen molar-refractivity contribution in [3.05, 3.63) is 106 Å². The molecule has 0 aliphatic rings.